The first-order valence-electron chi connectivity index (χ1n) is 6.17. The van der Waals surface area contributed by atoms with Crippen LogP contribution >= 0.6 is 0 Å². The van der Waals surface area contributed by atoms with Crippen LogP contribution in [0.1, 0.15) is 26.2 Å². The van der Waals surface area contributed by atoms with Gasteiger partial charge in [0.2, 0.25) is 0 Å². The van der Waals surface area contributed by atoms with E-state index in [-0.39, 0.29) is 6.61 Å². The summed E-state index contributed by atoms with van der Waals surface area (Å²) < 4.78 is 39.2. The molecule has 1 atom stereocenters. The normalized spacial score (nSPS) is 22.1. The van der Waals surface area contributed by atoms with Crippen molar-refractivity contribution in [1.29, 1.82) is 0 Å². The van der Waals surface area contributed by atoms with Gasteiger partial charge in [-0.3, -0.25) is 9.64 Å². The molecule has 3 nitrogen and oxygen atoms in total. The Labute approximate surface area is 100 Å². The molecule has 0 radical (unpaired) electrons. The molecule has 0 bridgehead atoms. The van der Waals surface area contributed by atoms with Crippen LogP contribution in [-0.4, -0.2) is 50.1 Å². The lowest BCUT2D eigenvalue weighted by atomic mass is 10.0. The summed E-state index contributed by atoms with van der Waals surface area (Å²) in [5.74, 6) is 0. The highest BCUT2D eigenvalue weighted by Gasteiger charge is 2.29. The minimum absolute atomic E-state index is 0.288. The van der Waals surface area contributed by atoms with E-state index in [4.69, 9.17) is 0 Å². The zero-order valence-corrected chi connectivity index (χ0v) is 10.2. The number of nitrogens with one attached hydrogen (secondary N) is 1. The molecule has 1 heterocycles. The lowest BCUT2D eigenvalue weighted by Gasteiger charge is -2.29. The van der Waals surface area contributed by atoms with Crippen molar-refractivity contribution >= 4 is 0 Å². The van der Waals surface area contributed by atoms with E-state index >= 15 is 0 Å². The maximum absolute atomic E-state index is 11.8. The summed E-state index contributed by atoms with van der Waals surface area (Å²) >= 11 is 0. The summed E-state index contributed by atoms with van der Waals surface area (Å²) in [6, 6.07) is 0.412. The van der Waals surface area contributed by atoms with Crippen molar-refractivity contribution in [2.24, 2.45) is 0 Å². The van der Waals surface area contributed by atoms with E-state index in [1.54, 1.807) is 0 Å². The van der Waals surface area contributed by atoms with Gasteiger partial charge in [0.05, 0.1) is 6.61 Å². The van der Waals surface area contributed by atoms with Crippen LogP contribution in [0.25, 0.3) is 0 Å². The Hall–Kier alpha value is -0.330. The fourth-order valence-electron chi connectivity index (χ4n) is 2.06. The summed E-state index contributed by atoms with van der Waals surface area (Å²) in [6.07, 6.45) is -1.01. The molecule has 0 aromatic heterocycles. The Morgan fingerprint density at radius 3 is 2.65 bits per heavy atom. The van der Waals surface area contributed by atoms with Crippen LogP contribution in [0.15, 0.2) is 0 Å². The molecule has 0 saturated carbocycles. The maximum atomic E-state index is 11.8. The van der Waals surface area contributed by atoms with Gasteiger partial charge in [0.25, 0.3) is 0 Å². The van der Waals surface area contributed by atoms with Crippen molar-refractivity contribution in [3.8, 4) is 0 Å². The van der Waals surface area contributed by atoms with Crippen molar-refractivity contribution in [3.63, 3.8) is 0 Å². The third-order valence-corrected chi connectivity index (χ3v) is 3.01. The average Bonchev–Trinajstić information content (AvgIpc) is 2.27. The second-order valence-electron chi connectivity index (χ2n) is 4.33. The van der Waals surface area contributed by atoms with Crippen LogP contribution in [0.4, 0.5) is 13.2 Å². The molecule has 0 aromatic rings. The second kappa shape index (κ2) is 7.18. The van der Waals surface area contributed by atoms with Crippen LogP contribution in [0, 0.1) is 0 Å². The number of nitrogens with zero attached hydrogens (tertiary/aromatic N) is 1. The zero-order chi connectivity index (χ0) is 12.7. The molecular formula is C11H21F3N2O. The van der Waals surface area contributed by atoms with E-state index < -0.39 is 6.36 Å². The van der Waals surface area contributed by atoms with Crippen LogP contribution < -0.4 is 5.32 Å². The molecule has 1 unspecified atom stereocenters. The van der Waals surface area contributed by atoms with Gasteiger partial charge in [-0.15, -0.1) is 13.2 Å². The number of halogens is 3. The van der Waals surface area contributed by atoms with Crippen LogP contribution in [0.3, 0.4) is 0 Å². The third-order valence-electron chi connectivity index (χ3n) is 3.01. The highest BCUT2D eigenvalue weighted by atomic mass is 19.4. The van der Waals surface area contributed by atoms with Gasteiger partial charge < -0.3 is 5.32 Å². The molecule has 1 aliphatic rings. The first kappa shape index (κ1) is 14.7. The van der Waals surface area contributed by atoms with Crippen LogP contribution in [-0.2, 0) is 4.74 Å². The Morgan fingerprint density at radius 2 is 2.12 bits per heavy atom. The number of piperidine rings is 1. The van der Waals surface area contributed by atoms with Crippen molar-refractivity contribution in [2.75, 3.05) is 32.8 Å². The van der Waals surface area contributed by atoms with Gasteiger partial charge in [0.15, 0.2) is 0 Å². The minimum Gasteiger partial charge on any atom is -0.313 e. The monoisotopic (exact) mass is 254 g/mol. The second-order valence-corrected chi connectivity index (χ2v) is 4.33. The summed E-state index contributed by atoms with van der Waals surface area (Å²) in [6.45, 7) is 4.56. The molecule has 0 aliphatic carbocycles. The highest BCUT2D eigenvalue weighted by molar-refractivity contribution is 4.75. The molecule has 102 valence electrons. The number of likely N-dealkylation sites (N-methyl/N-ethyl adjacent to an activating group) is 1. The van der Waals surface area contributed by atoms with E-state index in [2.05, 4.69) is 10.1 Å². The number of rotatable bonds is 6. The average molecular weight is 254 g/mol. The predicted molar refractivity (Wildman–Crippen MR) is 59.8 cm³/mol. The molecule has 0 aromatic carbocycles. The lowest BCUT2D eigenvalue weighted by molar-refractivity contribution is -0.325. The molecule has 1 saturated heterocycles. The van der Waals surface area contributed by atoms with Crippen molar-refractivity contribution in [3.05, 3.63) is 0 Å². The fourth-order valence-corrected chi connectivity index (χ4v) is 2.06. The first-order chi connectivity index (χ1) is 8.01. The largest absolute Gasteiger partial charge is 0.522 e. The smallest absolute Gasteiger partial charge is 0.313 e. The molecule has 0 amide bonds. The fraction of sp³-hybridized carbons (Fsp3) is 1.00. The zero-order valence-electron chi connectivity index (χ0n) is 10.2. The number of alkyl halides is 3. The number of hydrogen-bond acceptors (Lipinski definition) is 3. The van der Waals surface area contributed by atoms with Gasteiger partial charge in [-0.2, -0.15) is 0 Å². The van der Waals surface area contributed by atoms with E-state index in [0.29, 0.717) is 12.6 Å². The molecular weight excluding hydrogens is 233 g/mol. The third kappa shape index (κ3) is 6.85. The molecule has 17 heavy (non-hydrogen) atoms. The van der Waals surface area contributed by atoms with Gasteiger partial charge >= 0.3 is 6.36 Å². The maximum Gasteiger partial charge on any atom is 0.522 e. The van der Waals surface area contributed by atoms with Gasteiger partial charge in [-0.05, 0) is 25.9 Å². The predicted octanol–water partition coefficient (Wildman–Crippen LogP) is 1.99. The van der Waals surface area contributed by atoms with E-state index in [1.807, 2.05) is 11.8 Å². The topological polar surface area (TPSA) is 24.5 Å². The van der Waals surface area contributed by atoms with Gasteiger partial charge in [0, 0.05) is 19.1 Å². The van der Waals surface area contributed by atoms with Crippen molar-refractivity contribution in [2.45, 2.75) is 38.6 Å². The Kier molecular flexibility index (Phi) is 6.22. The minimum atomic E-state index is -4.51. The Bertz CT molecular complexity index is 205. The Morgan fingerprint density at radius 1 is 1.35 bits per heavy atom. The lowest BCUT2D eigenvalue weighted by Crippen LogP contribution is -2.44. The molecule has 1 N–H and O–H groups in total. The summed E-state index contributed by atoms with van der Waals surface area (Å²) in [5, 5.41) is 3.39. The summed E-state index contributed by atoms with van der Waals surface area (Å²) in [4.78, 5) is 1.99. The quantitative estimate of drug-likeness (QED) is 0.784. The molecule has 0 spiro atoms. The number of hydrogen-bond donors (Lipinski definition) is 1. The van der Waals surface area contributed by atoms with Gasteiger partial charge in [0.1, 0.15) is 0 Å². The van der Waals surface area contributed by atoms with E-state index in [0.717, 1.165) is 26.1 Å². The summed E-state index contributed by atoms with van der Waals surface area (Å²) in [7, 11) is 0. The standard InChI is InChI=1S/C11H21F3N2O/c1-2-16(7-8-17-11(12,13)14)9-10-5-3-4-6-15-10/h10,15H,2-9H2,1H3. The summed E-state index contributed by atoms with van der Waals surface area (Å²) in [5.41, 5.74) is 0. The van der Waals surface area contributed by atoms with Crippen molar-refractivity contribution < 1.29 is 17.9 Å². The number of ether oxygens (including phenoxy) is 1. The van der Waals surface area contributed by atoms with Crippen molar-refractivity contribution in [1.82, 2.24) is 10.2 Å². The van der Waals surface area contributed by atoms with E-state index in [1.165, 1.54) is 12.8 Å². The highest BCUT2D eigenvalue weighted by Crippen LogP contribution is 2.16. The SMILES string of the molecule is CCN(CCOC(F)(F)F)CC1CCCCN1. The van der Waals surface area contributed by atoms with Gasteiger partial charge in [-0.1, -0.05) is 13.3 Å². The molecule has 1 fully saturated rings. The van der Waals surface area contributed by atoms with Gasteiger partial charge in [-0.25, -0.2) is 0 Å². The Balaban J connectivity index is 2.18. The molecule has 1 rings (SSSR count). The molecule has 6 heteroatoms. The van der Waals surface area contributed by atoms with Crippen LogP contribution in [0.5, 0.6) is 0 Å². The van der Waals surface area contributed by atoms with E-state index in [9.17, 15) is 13.2 Å². The molecule has 1 aliphatic heterocycles. The first-order valence-corrected chi connectivity index (χ1v) is 6.17. The van der Waals surface area contributed by atoms with Crippen LogP contribution in [0.2, 0.25) is 0 Å².